The molecule has 0 radical (unpaired) electrons. The van der Waals surface area contributed by atoms with Crippen LogP contribution in [0.3, 0.4) is 0 Å². The molecule has 0 unspecified atom stereocenters. The fraction of sp³-hybridized carbons (Fsp3) is 0.227. The Morgan fingerprint density at radius 3 is 2.55 bits per heavy atom. The highest BCUT2D eigenvalue weighted by Gasteiger charge is 2.36. The van der Waals surface area contributed by atoms with Gasteiger partial charge in [0.15, 0.2) is 5.95 Å². The van der Waals surface area contributed by atoms with Crippen molar-refractivity contribution in [2.45, 2.75) is 19.1 Å². The SMILES string of the molecule is COc1ncccc1C(=O)Nc1cc(F)n2c1C(=O)N(c1ccc(C(F)(F)F)cc1)C[C@@H]2C. The van der Waals surface area contributed by atoms with Gasteiger partial charge in [-0.3, -0.25) is 9.59 Å². The zero-order valence-corrected chi connectivity index (χ0v) is 17.5. The maximum atomic E-state index is 14.7. The Morgan fingerprint density at radius 1 is 1.21 bits per heavy atom. The standard InChI is InChI=1S/C22H18F4N4O3/c1-12-11-29(14-7-5-13(6-8-14)22(24,25)26)21(32)18-16(10-17(23)30(12)18)28-19(31)15-4-3-9-27-20(15)33-2/h3-10,12H,11H2,1-2H3,(H,28,31)/t12-/m0/s1. The van der Waals surface area contributed by atoms with E-state index in [-0.39, 0.29) is 35.1 Å². The number of ether oxygens (including phenoxy) is 1. The number of carbonyl (C=O) groups is 2. The number of anilines is 2. The molecule has 3 aromatic rings. The molecular formula is C22H18F4N4O3. The van der Waals surface area contributed by atoms with Crippen LogP contribution in [0.4, 0.5) is 28.9 Å². The Morgan fingerprint density at radius 2 is 1.91 bits per heavy atom. The van der Waals surface area contributed by atoms with Gasteiger partial charge in [-0.15, -0.1) is 0 Å². The summed E-state index contributed by atoms with van der Waals surface area (Å²) in [6.45, 7) is 1.69. The predicted molar refractivity (Wildman–Crippen MR) is 111 cm³/mol. The van der Waals surface area contributed by atoms with Crippen LogP contribution < -0.4 is 15.0 Å². The van der Waals surface area contributed by atoms with Gasteiger partial charge in [0, 0.05) is 24.5 Å². The molecule has 2 aromatic heterocycles. The summed E-state index contributed by atoms with van der Waals surface area (Å²) in [6.07, 6.45) is -3.08. The van der Waals surface area contributed by atoms with Crippen molar-refractivity contribution in [2.75, 3.05) is 23.9 Å². The minimum atomic E-state index is -4.51. The number of benzene rings is 1. The van der Waals surface area contributed by atoms with E-state index >= 15 is 0 Å². The third kappa shape index (κ3) is 4.01. The molecular weight excluding hydrogens is 444 g/mol. The van der Waals surface area contributed by atoms with Crippen LogP contribution in [-0.4, -0.2) is 35.0 Å². The topological polar surface area (TPSA) is 76.5 Å². The maximum absolute atomic E-state index is 14.7. The monoisotopic (exact) mass is 462 g/mol. The van der Waals surface area contributed by atoms with Gasteiger partial charge in [0.25, 0.3) is 11.8 Å². The molecule has 0 bridgehead atoms. The second kappa shape index (κ2) is 8.23. The Bertz CT molecular complexity index is 1220. The molecule has 1 aromatic carbocycles. The lowest BCUT2D eigenvalue weighted by Gasteiger charge is -2.33. The molecule has 0 spiro atoms. The summed E-state index contributed by atoms with van der Waals surface area (Å²) in [5, 5.41) is 2.52. The van der Waals surface area contributed by atoms with Crippen molar-refractivity contribution in [2.24, 2.45) is 0 Å². The lowest BCUT2D eigenvalue weighted by Crippen LogP contribution is -2.43. The number of rotatable bonds is 4. The van der Waals surface area contributed by atoms with Gasteiger partial charge in [-0.25, -0.2) is 4.98 Å². The molecule has 0 saturated carbocycles. The first-order valence-electron chi connectivity index (χ1n) is 9.82. The first kappa shape index (κ1) is 22.3. The van der Waals surface area contributed by atoms with E-state index in [2.05, 4.69) is 10.3 Å². The van der Waals surface area contributed by atoms with Gasteiger partial charge in [-0.1, -0.05) is 0 Å². The third-order valence-corrected chi connectivity index (χ3v) is 5.29. The summed E-state index contributed by atoms with van der Waals surface area (Å²) in [5.74, 6) is -2.01. The highest BCUT2D eigenvalue weighted by Crippen LogP contribution is 2.35. The van der Waals surface area contributed by atoms with E-state index in [1.165, 1.54) is 42.5 Å². The Hall–Kier alpha value is -3.89. The van der Waals surface area contributed by atoms with Crippen LogP contribution in [-0.2, 0) is 6.18 Å². The summed E-state index contributed by atoms with van der Waals surface area (Å²) >= 11 is 0. The number of fused-ring (bicyclic) bond motifs is 1. The first-order valence-corrected chi connectivity index (χ1v) is 9.82. The molecule has 1 aliphatic rings. The summed E-state index contributed by atoms with van der Waals surface area (Å²) < 4.78 is 59.6. The molecule has 1 N–H and O–H groups in total. The van der Waals surface area contributed by atoms with Crippen molar-refractivity contribution in [3.05, 3.63) is 71.4 Å². The van der Waals surface area contributed by atoms with Gasteiger partial charge in [0.1, 0.15) is 11.3 Å². The molecule has 0 fully saturated rings. The molecule has 0 aliphatic carbocycles. The van der Waals surface area contributed by atoms with E-state index in [4.69, 9.17) is 4.74 Å². The Balaban J connectivity index is 1.68. The summed E-state index contributed by atoms with van der Waals surface area (Å²) in [4.78, 5) is 31.2. The first-order chi connectivity index (χ1) is 15.6. The van der Waals surface area contributed by atoms with Crippen LogP contribution in [0.5, 0.6) is 5.88 Å². The van der Waals surface area contributed by atoms with Gasteiger partial charge >= 0.3 is 6.18 Å². The molecule has 3 heterocycles. The highest BCUT2D eigenvalue weighted by molar-refractivity contribution is 6.13. The average Bonchev–Trinajstić information content (AvgIpc) is 3.12. The van der Waals surface area contributed by atoms with E-state index in [0.29, 0.717) is 0 Å². The van der Waals surface area contributed by atoms with Crippen molar-refractivity contribution in [3.63, 3.8) is 0 Å². The van der Waals surface area contributed by atoms with Crippen molar-refractivity contribution < 1.29 is 31.9 Å². The zero-order chi connectivity index (χ0) is 23.9. The van der Waals surface area contributed by atoms with Crippen LogP contribution in [0.2, 0.25) is 0 Å². The number of carbonyl (C=O) groups excluding carboxylic acids is 2. The summed E-state index contributed by atoms with van der Waals surface area (Å²) in [7, 11) is 1.34. The molecule has 33 heavy (non-hydrogen) atoms. The molecule has 1 aliphatic heterocycles. The lowest BCUT2D eigenvalue weighted by molar-refractivity contribution is -0.137. The minimum absolute atomic E-state index is 0.0343. The van der Waals surface area contributed by atoms with Crippen molar-refractivity contribution in [1.82, 2.24) is 9.55 Å². The van der Waals surface area contributed by atoms with Crippen LogP contribution >= 0.6 is 0 Å². The van der Waals surface area contributed by atoms with E-state index < -0.39 is 35.5 Å². The van der Waals surface area contributed by atoms with Crippen LogP contribution in [0, 0.1) is 5.95 Å². The predicted octanol–water partition coefficient (Wildman–Crippen LogP) is 4.52. The fourth-order valence-corrected chi connectivity index (χ4v) is 3.76. The maximum Gasteiger partial charge on any atom is 0.416 e. The number of hydrogen-bond donors (Lipinski definition) is 1. The van der Waals surface area contributed by atoms with E-state index in [9.17, 15) is 27.2 Å². The second-order valence-corrected chi connectivity index (χ2v) is 7.42. The number of nitrogens with one attached hydrogen (secondary N) is 1. The number of methoxy groups -OCH3 is 1. The number of pyridine rings is 1. The molecule has 172 valence electrons. The number of halogens is 4. The van der Waals surface area contributed by atoms with Crippen molar-refractivity contribution in [3.8, 4) is 5.88 Å². The summed E-state index contributed by atoms with van der Waals surface area (Å²) in [6, 6.07) is 7.57. The van der Waals surface area contributed by atoms with E-state index in [1.807, 2.05) is 0 Å². The van der Waals surface area contributed by atoms with Crippen LogP contribution in [0.15, 0.2) is 48.7 Å². The van der Waals surface area contributed by atoms with Crippen LogP contribution in [0.25, 0.3) is 0 Å². The number of amides is 2. The van der Waals surface area contributed by atoms with Gasteiger partial charge < -0.3 is 19.5 Å². The zero-order valence-electron chi connectivity index (χ0n) is 17.5. The summed E-state index contributed by atoms with van der Waals surface area (Å²) in [5.41, 5.74) is -0.744. The number of aromatic nitrogens is 2. The molecule has 4 rings (SSSR count). The molecule has 7 nitrogen and oxygen atoms in total. The number of nitrogens with zero attached hydrogens (tertiary/aromatic N) is 3. The van der Waals surface area contributed by atoms with Crippen molar-refractivity contribution >= 4 is 23.2 Å². The smallest absolute Gasteiger partial charge is 0.416 e. The number of alkyl halides is 3. The van der Waals surface area contributed by atoms with Gasteiger partial charge in [0.2, 0.25) is 5.88 Å². The normalized spacial score (nSPS) is 15.9. The second-order valence-electron chi connectivity index (χ2n) is 7.42. The third-order valence-electron chi connectivity index (χ3n) is 5.29. The quantitative estimate of drug-likeness (QED) is 0.579. The van der Waals surface area contributed by atoms with E-state index in [0.717, 1.165) is 22.8 Å². The minimum Gasteiger partial charge on any atom is -0.480 e. The van der Waals surface area contributed by atoms with E-state index in [1.54, 1.807) is 6.92 Å². The Kier molecular flexibility index (Phi) is 5.56. The molecule has 0 saturated heterocycles. The van der Waals surface area contributed by atoms with Crippen LogP contribution in [0.1, 0.15) is 39.4 Å². The average molecular weight is 462 g/mol. The highest BCUT2D eigenvalue weighted by atomic mass is 19.4. The lowest BCUT2D eigenvalue weighted by atomic mass is 10.1. The van der Waals surface area contributed by atoms with Gasteiger partial charge in [0.05, 0.1) is 24.4 Å². The van der Waals surface area contributed by atoms with Gasteiger partial charge in [-0.2, -0.15) is 17.6 Å². The molecule has 11 heteroatoms. The largest absolute Gasteiger partial charge is 0.480 e. The fourth-order valence-electron chi connectivity index (χ4n) is 3.76. The molecule has 1 atom stereocenters. The molecule has 2 amide bonds. The van der Waals surface area contributed by atoms with Crippen molar-refractivity contribution in [1.29, 1.82) is 0 Å². The van der Waals surface area contributed by atoms with Gasteiger partial charge in [-0.05, 0) is 43.3 Å². The Labute approximate surface area is 185 Å². The number of hydrogen-bond acceptors (Lipinski definition) is 4.